The summed E-state index contributed by atoms with van der Waals surface area (Å²) in [5.41, 5.74) is 4.78. The molecule has 0 aliphatic carbocycles. The molecule has 39 heavy (non-hydrogen) atoms. The van der Waals surface area contributed by atoms with Crippen LogP contribution >= 0.6 is 11.3 Å². The van der Waals surface area contributed by atoms with E-state index in [1.165, 1.54) is 29.4 Å². The van der Waals surface area contributed by atoms with Crippen molar-refractivity contribution in [2.75, 3.05) is 25.7 Å². The zero-order chi connectivity index (χ0) is 27.3. The first-order chi connectivity index (χ1) is 18.8. The second-order valence-electron chi connectivity index (χ2n) is 9.16. The number of anilines is 1. The number of hydrogen-bond donors (Lipinski definition) is 1. The largest absolute Gasteiger partial charge is 0.497 e. The molecular weight excluding hydrogens is 523 g/mol. The second kappa shape index (κ2) is 9.66. The lowest BCUT2D eigenvalue weighted by Gasteiger charge is -2.23. The summed E-state index contributed by atoms with van der Waals surface area (Å²) in [6.45, 7) is 1.99. The lowest BCUT2D eigenvalue weighted by Crippen LogP contribution is -2.38. The third-order valence-electron chi connectivity index (χ3n) is 6.61. The maximum Gasteiger partial charge on any atom is 0.411 e. The first kappa shape index (κ1) is 24.8. The van der Waals surface area contributed by atoms with Gasteiger partial charge in [0.1, 0.15) is 16.9 Å². The van der Waals surface area contributed by atoms with Crippen LogP contribution in [0.3, 0.4) is 0 Å². The Balaban J connectivity index is 1.35. The summed E-state index contributed by atoms with van der Waals surface area (Å²) in [6.07, 6.45) is 0.203. The van der Waals surface area contributed by atoms with E-state index in [2.05, 4.69) is 9.97 Å². The predicted molar refractivity (Wildman–Crippen MR) is 146 cm³/mol. The molecule has 9 nitrogen and oxygen atoms in total. The lowest BCUT2D eigenvalue weighted by molar-refractivity contribution is 0.190. The number of aryl methyl sites for hydroxylation is 1. The average Bonchev–Trinajstić information content (AvgIpc) is 3.55. The molecule has 1 aliphatic heterocycles. The van der Waals surface area contributed by atoms with Gasteiger partial charge in [0.15, 0.2) is 11.6 Å². The number of benzene rings is 3. The number of aromatic nitrogens is 3. The van der Waals surface area contributed by atoms with Gasteiger partial charge in [-0.2, -0.15) is 0 Å². The van der Waals surface area contributed by atoms with Crippen LogP contribution in [0.4, 0.5) is 14.9 Å². The number of rotatable bonds is 6. The Labute approximate surface area is 226 Å². The van der Waals surface area contributed by atoms with Crippen LogP contribution in [-0.2, 0) is 6.42 Å². The topological polar surface area (TPSA) is 107 Å². The van der Waals surface area contributed by atoms with Gasteiger partial charge in [-0.15, -0.1) is 11.3 Å². The quantitative estimate of drug-likeness (QED) is 0.282. The summed E-state index contributed by atoms with van der Waals surface area (Å²) in [6, 6.07) is 12.0. The summed E-state index contributed by atoms with van der Waals surface area (Å²) in [5.74, 6) is 0.644. The van der Waals surface area contributed by atoms with E-state index >= 15 is 4.39 Å². The Hall–Kier alpha value is -4.51. The predicted octanol–water partition coefficient (Wildman–Crippen LogP) is 5.86. The molecule has 6 rings (SSSR count). The van der Waals surface area contributed by atoms with Crippen LogP contribution in [0.25, 0.3) is 31.8 Å². The third-order valence-corrected chi connectivity index (χ3v) is 7.77. The van der Waals surface area contributed by atoms with Crippen LogP contribution in [-0.4, -0.2) is 53.0 Å². The normalized spacial score (nSPS) is 14.3. The first-order valence-corrected chi connectivity index (χ1v) is 12.9. The van der Waals surface area contributed by atoms with Gasteiger partial charge < -0.3 is 19.3 Å². The summed E-state index contributed by atoms with van der Waals surface area (Å²) in [7, 11) is 3.08. The fourth-order valence-electron chi connectivity index (χ4n) is 4.81. The molecule has 5 aromatic rings. The standard InChI is InChI=1S/C28H23FN4O5S/c1-14-8-18(24-21(9-14)31-23(37-3)12-30-24)27-32-22-11-20(29)25-19(26(22)39-27)10-17(38-25)13-33(28(34)35)15-4-6-16(36-2)7-5-15/h4-9,11-12,17H,10,13H2,1-3H3,(H,34,35). The van der Waals surface area contributed by atoms with Crippen molar-refractivity contribution in [3.8, 4) is 28.0 Å². The van der Waals surface area contributed by atoms with Gasteiger partial charge in [0.2, 0.25) is 5.88 Å². The molecule has 3 aromatic carbocycles. The van der Waals surface area contributed by atoms with E-state index in [1.807, 2.05) is 19.1 Å². The molecule has 0 radical (unpaired) electrons. The Morgan fingerprint density at radius 1 is 1.15 bits per heavy atom. The van der Waals surface area contributed by atoms with Gasteiger partial charge in [-0.05, 0) is 48.9 Å². The molecule has 1 unspecified atom stereocenters. The van der Waals surface area contributed by atoms with Crippen molar-refractivity contribution in [2.45, 2.75) is 19.4 Å². The minimum Gasteiger partial charge on any atom is -0.497 e. The monoisotopic (exact) mass is 546 g/mol. The second-order valence-corrected chi connectivity index (χ2v) is 10.2. The smallest absolute Gasteiger partial charge is 0.411 e. The van der Waals surface area contributed by atoms with Gasteiger partial charge in [-0.3, -0.25) is 4.90 Å². The van der Waals surface area contributed by atoms with Gasteiger partial charge in [-0.1, -0.05) is 0 Å². The highest BCUT2D eigenvalue weighted by Gasteiger charge is 2.32. The van der Waals surface area contributed by atoms with Gasteiger partial charge >= 0.3 is 6.09 Å². The first-order valence-electron chi connectivity index (χ1n) is 12.1. The van der Waals surface area contributed by atoms with Crippen LogP contribution in [0, 0.1) is 12.7 Å². The van der Waals surface area contributed by atoms with E-state index in [4.69, 9.17) is 19.2 Å². The van der Waals surface area contributed by atoms with Crippen molar-refractivity contribution >= 4 is 44.4 Å². The molecule has 1 N–H and O–H groups in total. The van der Waals surface area contributed by atoms with Gasteiger partial charge in [0.05, 0.1) is 48.2 Å². The number of carboxylic acid groups (broad SMARTS) is 1. The van der Waals surface area contributed by atoms with Gasteiger partial charge in [0.25, 0.3) is 0 Å². The minimum atomic E-state index is -1.13. The summed E-state index contributed by atoms with van der Waals surface area (Å²) in [5, 5.41) is 10.5. The van der Waals surface area contributed by atoms with E-state index < -0.39 is 18.0 Å². The molecule has 0 fully saturated rings. The van der Waals surface area contributed by atoms with Crippen molar-refractivity contribution in [1.29, 1.82) is 0 Å². The molecule has 3 heterocycles. The van der Waals surface area contributed by atoms with Crippen LogP contribution < -0.4 is 19.1 Å². The van der Waals surface area contributed by atoms with Crippen LogP contribution in [0.5, 0.6) is 17.4 Å². The number of halogens is 1. The maximum absolute atomic E-state index is 15.2. The third kappa shape index (κ3) is 4.44. The number of nitrogens with zero attached hydrogens (tertiary/aromatic N) is 4. The van der Waals surface area contributed by atoms with Crippen molar-refractivity contribution in [2.24, 2.45) is 0 Å². The number of amides is 1. The Kier molecular flexibility index (Phi) is 6.15. The highest BCUT2D eigenvalue weighted by molar-refractivity contribution is 7.22. The Bertz CT molecular complexity index is 1740. The molecule has 0 saturated carbocycles. The minimum absolute atomic E-state index is 0.0306. The number of ether oxygens (including phenoxy) is 3. The summed E-state index contributed by atoms with van der Waals surface area (Å²) in [4.78, 5) is 27.0. The summed E-state index contributed by atoms with van der Waals surface area (Å²) >= 11 is 1.43. The molecule has 2 aromatic heterocycles. The van der Waals surface area contributed by atoms with Crippen molar-refractivity contribution in [1.82, 2.24) is 15.0 Å². The highest BCUT2D eigenvalue weighted by atomic mass is 32.1. The fourth-order valence-corrected chi connectivity index (χ4v) is 5.92. The van der Waals surface area contributed by atoms with E-state index in [9.17, 15) is 9.90 Å². The van der Waals surface area contributed by atoms with E-state index in [0.29, 0.717) is 50.9 Å². The Morgan fingerprint density at radius 2 is 1.95 bits per heavy atom. The highest BCUT2D eigenvalue weighted by Crippen LogP contribution is 2.43. The SMILES string of the molecule is COc1ccc(N(CC2Cc3c(c(F)cc4nc(-c5cc(C)cc6nc(OC)cnc56)sc34)O2)C(=O)O)cc1. The van der Waals surface area contributed by atoms with Gasteiger partial charge in [-0.25, -0.2) is 24.1 Å². The number of methoxy groups -OCH3 is 2. The molecule has 1 aliphatic rings. The molecule has 198 valence electrons. The molecule has 0 spiro atoms. The van der Waals surface area contributed by atoms with E-state index in [1.54, 1.807) is 37.6 Å². The molecule has 1 amide bonds. The van der Waals surface area contributed by atoms with E-state index in [-0.39, 0.29) is 12.3 Å². The molecule has 0 saturated heterocycles. The zero-order valence-corrected chi connectivity index (χ0v) is 22.1. The maximum atomic E-state index is 15.2. The lowest BCUT2D eigenvalue weighted by atomic mass is 10.1. The molecular formula is C28H23FN4O5S. The zero-order valence-electron chi connectivity index (χ0n) is 21.3. The molecule has 1 atom stereocenters. The molecule has 0 bridgehead atoms. The van der Waals surface area contributed by atoms with Crippen molar-refractivity contribution < 1.29 is 28.5 Å². The number of carbonyl (C=O) groups is 1. The van der Waals surface area contributed by atoms with Crippen LogP contribution in [0.15, 0.2) is 48.7 Å². The number of thiazole rings is 1. The van der Waals surface area contributed by atoms with E-state index in [0.717, 1.165) is 15.8 Å². The van der Waals surface area contributed by atoms with Crippen molar-refractivity contribution in [3.63, 3.8) is 0 Å². The van der Waals surface area contributed by atoms with Crippen LogP contribution in [0.2, 0.25) is 0 Å². The van der Waals surface area contributed by atoms with Gasteiger partial charge in [0, 0.05) is 29.3 Å². The fraction of sp³-hybridized carbons (Fsp3) is 0.214. The van der Waals surface area contributed by atoms with Crippen molar-refractivity contribution in [3.05, 3.63) is 65.6 Å². The molecule has 11 heteroatoms. The number of fused-ring (bicyclic) bond motifs is 4. The Morgan fingerprint density at radius 3 is 2.67 bits per heavy atom. The average molecular weight is 547 g/mol. The van der Waals surface area contributed by atoms with Crippen LogP contribution in [0.1, 0.15) is 11.1 Å². The summed E-state index contributed by atoms with van der Waals surface area (Å²) < 4.78 is 32.3. The number of hydrogen-bond acceptors (Lipinski definition) is 8.